The highest BCUT2D eigenvalue weighted by Crippen LogP contribution is 2.23. The van der Waals surface area contributed by atoms with E-state index >= 15 is 0 Å². The average Bonchev–Trinajstić information content (AvgIpc) is 2.18. The predicted molar refractivity (Wildman–Crippen MR) is 44.1 cm³/mol. The molecule has 15 heavy (non-hydrogen) atoms. The fourth-order valence-electron chi connectivity index (χ4n) is 1.40. The Morgan fingerprint density at radius 2 is 1.93 bits per heavy atom. The van der Waals surface area contributed by atoms with Gasteiger partial charge in [0.15, 0.2) is 0 Å². The van der Waals surface area contributed by atoms with E-state index in [1.54, 1.807) is 0 Å². The summed E-state index contributed by atoms with van der Waals surface area (Å²) in [5.41, 5.74) is -1.19. The molecule has 0 radical (unpaired) electrons. The molecule has 1 saturated heterocycles. The van der Waals surface area contributed by atoms with E-state index in [4.69, 9.17) is 9.84 Å². The lowest BCUT2D eigenvalue weighted by Gasteiger charge is -2.36. The van der Waals surface area contributed by atoms with Crippen LogP contribution in [0.15, 0.2) is 0 Å². The molecule has 0 saturated carbocycles. The van der Waals surface area contributed by atoms with E-state index in [1.807, 2.05) is 5.32 Å². The fourth-order valence-corrected chi connectivity index (χ4v) is 1.40. The lowest BCUT2D eigenvalue weighted by Crippen LogP contribution is -2.57. The molecule has 1 fully saturated rings. The van der Waals surface area contributed by atoms with Crippen molar-refractivity contribution in [1.29, 1.82) is 0 Å². The first kappa shape index (κ1) is 12.3. The zero-order valence-corrected chi connectivity index (χ0v) is 7.93. The van der Waals surface area contributed by atoms with Crippen molar-refractivity contribution in [3.05, 3.63) is 0 Å². The van der Waals surface area contributed by atoms with Crippen molar-refractivity contribution in [3.8, 4) is 0 Å². The number of carbonyl (C=O) groups excluding carboxylic acids is 1. The van der Waals surface area contributed by atoms with Gasteiger partial charge in [0.25, 0.3) is 0 Å². The molecule has 4 nitrogen and oxygen atoms in total. The molecule has 7 heteroatoms. The first-order valence-electron chi connectivity index (χ1n) is 4.48. The van der Waals surface area contributed by atoms with Gasteiger partial charge in [-0.25, -0.2) is 0 Å². The molecule has 88 valence electrons. The second-order valence-electron chi connectivity index (χ2n) is 3.50. The Bertz CT molecular complexity index is 236. The maximum atomic E-state index is 12.0. The first-order chi connectivity index (χ1) is 6.90. The zero-order valence-electron chi connectivity index (χ0n) is 7.93. The van der Waals surface area contributed by atoms with Crippen LogP contribution in [0, 0.1) is 0 Å². The zero-order chi connectivity index (χ0) is 11.5. The third-order valence-electron chi connectivity index (χ3n) is 2.39. The van der Waals surface area contributed by atoms with Crippen LogP contribution < -0.4 is 5.32 Å². The fraction of sp³-hybridized carbons (Fsp3) is 0.875. The number of nitrogens with one attached hydrogen (secondary N) is 1. The number of alkyl halides is 3. The Kier molecular flexibility index (Phi) is 3.56. The van der Waals surface area contributed by atoms with Crippen LogP contribution in [-0.2, 0) is 9.53 Å². The molecule has 2 N–H and O–H groups in total. The molecule has 0 spiro atoms. The smallest absolute Gasteiger partial charge is 0.394 e. The molecule has 1 aliphatic heterocycles. The van der Waals surface area contributed by atoms with Crippen LogP contribution in [0.25, 0.3) is 0 Å². The highest BCUT2D eigenvalue weighted by molar-refractivity contribution is 5.82. The van der Waals surface area contributed by atoms with E-state index in [9.17, 15) is 18.0 Å². The Morgan fingerprint density at radius 3 is 2.33 bits per heavy atom. The van der Waals surface area contributed by atoms with Gasteiger partial charge in [-0.15, -0.1) is 0 Å². The third kappa shape index (κ3) is 3.07. The lowest BCUT2D eigenvalue weighted by atomic mass is 9.91. The lowest BCUT2D eigenvalue weighted by molar-refractivity contribution is -0.177. The summed E-state index contributed by atoms with van der Waals surface area (Å²) in [7, 11) is 0. The van der Waals surface area contributed by atoms with Gasteiger partial charge in [-0.3, -0.25) is 4.79 Å². The standard InChI is InChI=1S/C8H12F3NO3/c9-8(10,11)6(14)12-7(5-13)1-3-15-4-2-7/h13H,1-5H2,(H,12,14). The summed E-state index contributed by atoms with van der Waals surface area (Å²) in [5, 5.41) is 10.8. The summed E-state index contributed by atoms with van der Waals surface area (Å²) < 4.78 is 40.9. The predicted octanol–water partition coefficient (Wildman–Crippen LogP) is 0.206. The average molecular weight is 227 g/mol. The minimum Gasteiger partial charge on any atom is -0.394 e. The largest absolute Gasteiger partial charge is 0.471 e. The monoisotopic (exact) mass is 227 g/mol. The van der Waals surface area contributed by atoms with Crippen molar-refractivity contribution in [2.45, 2.75) is 24.6 Å². The number of aliphatic hydroxyl groups is 1. The SMILES string of the molecule is O=C(NC1(CO)CCOCC1)C(F)(F)F. The van der Waals surface area contributed by atoms with E-state index in [2.05, 4.69) is 0 Å². The van der Waals surface area contributed by atoms with Gasteiger partial charge in [0.2, 0.25) is 0 Å². The van der Waals surface area contributed by atoms with Crippen LogP contribution in [0.3, 0.4) is 0 Å². The van der Waals surface area contributed by atoms with Gasteiger partial charge in [0.05, 0.1) is 12.1 Å². The molecule has 0 atom stereocenters. The summed E-state index contributed by atoms with van der Waals surface area (Å²) in [6.45, 7) is -0.0461. The van der Waals surface area contributed by atoms with E-state index in [-0.39, 0.29) is 26.1 Å². The molecule has 0 aliphatic carbocycles. The normalized spacial score (nSPS) is 21.1. The molecule has 0 bridgehead atoms. The number of hydrogen-bond acceptors (Lipinski definition) is 3. The first-order valence-corrected chi connectivity index (χ1v) is 4.48. The Morgan fingerprint density at radius 1 is 1.40 bits per heavy atom. The Labute approximate surface area is 84.4 Å². The second kappa shape index (κ2) is 4.36. The number of aliphatic hydroxyl groups excluding tert-OH is 1. The minimum absolute atomic E-state index is 0.186. The number of amides is 1. The quantitative estimate of drug-likeness (QED) is 0.708. The minimum atomic E-state index is -4.92. The van der Waals surface area contributed by atoms with Crippen LogP contribution in [0.1, 0.15) is 12.8 Å². The van der Waals surface area contributed by atoms with Crippen LogP contribution in [0.2, 0.25) is 0 Å². The molecule has 1 rings (SSSR count). The Balaban J connectivity index is 2.63. The molecule has 1 aliphatic rings. The van der Waals surface area contributed by atoms with Gasteiger partial charge in [-0.05, 0) is 12.8 Å². The topological polar surface area (TPSA) is 58.6 Å². The van der Waals surface area contributed by atoms with Gasteiger partial charge in [-0.1, -0.05) is 0 Å². The second-order valence-corrected chi connectivity index (χ2v) is 3.50. The van der Waals surface area contributed by atoms with E-state index in [0.29, 0.717) is 0 Å². The summed E-state index contributed by atoms with van der Waals surface area (Å²) in [4.78, 5) is 10.7. The molecule has 0 unspecified atom stereocenters. The molecule has 0 aromatic heterocycles. The summed E-state index contributed by atoms with van der Waals surface area (Å²) in [6.07, 6.45) is -4.54. The third-order valence-corrected chi connectivity index (χ3v) is 2.39. The summed E-state index contributed by atoms with van der Waals surface area (Å²) >= 11 is 0. The molecule has 0 aromatic rings. The highest BCUT2D eigenvalue weighted by Gasteiger charge is 2.44. The van der Waals surface area contributed by atoms with Crippen molar-refractivity contribution in [1.82, 2.24) is 5.32 Å². The summed E-state index contributed by atoms with van der Waals surface area (Å²) in [5.74, 6) is -2.02. The van der Waals surface area contributed by atoms with Crippen LogP contribution in [0.5, 0.6) is 0 Å². The number of ether oxygens (including phenoxy) is 1. The van der Waals surface area contributed by atoms with Crippen molar-refractivity contribution >= 4 is 5.91 Å². The van der Waals surface area contributed by atoms with Gasteiger partial charge >= 0.3 is 12.1 Å². The number of carbonyl (C=O) groups is 1. The number of rotatable bonds is 2. The molecular weight excluding hydrogens is 215 g/mol. The molecular formula is C8H12F3NO3. The summed E-state index contributed by atoms with van der Waals surface area (Å²) in [6, 6.07) is 0. The number of hydrogen-bond donors (Lipinski definition) is 2. The van der Waals surface area contributed by atoms with Crippen molar-refractivity contribution < 1.29 is 27.8 Å². The van der Waals surface area contributed by atoms with E-state index < -0.39 is 24.2 Å². The van der Waals surface area contributed by atoms with Gasteiger partial charge in [-0.2, -0.15) is 13.2 Å². The van der Waals surface area contributed by atoms with Gasteiger partial charge in [0, 0.05) is 13.2 Å². The molecule has 1 heterocycles. The molecule has 1 amide bonds. The van der Waals surface area contributed by atoms with Gasteiger partial charge < -0.3 is 15.2 Å². The van der Waals surface area contributed by atoms with Crippen LogP contribution in [0.4, 0.5) is 13.2 Å². The van der Waals surface area contributed by atoms with Crippen molar-refractivity contribution in [2.24, 2.45) is 0 Å². The van der Waals surface area contributed by atoms with Crippen LogP contribution >= 0.6 is 0 Å². The maximum Gasteiger partial charge on any atom is 0.471 e. The van der Waals surface area contributed by atoms with E-state index in [0.717, 1.165) is 0 Å². The van der Waals surface area contributed by atoms with Crippen molar-refractivity contribution in [2.75, 3.05) is 19.8 Å². The maximum absolute atomic E-state index is 12.0. The van der Waals surface area contributed by atoms with Crippen molar-refractivity contribution in [3.63, 3.8) is 0 Å². The Hall–Kier alpha value is -0.820. The van der Waals surface area contributed by atoms with E-state index in [1.165, 1.54) is 0 Å². The number of halogens is 3. The van der Waals surface area contributed by atoms with Gasteiger partial charge in [0.1, 0.15) is 0 Å². The highest BCUT2D eigenvalue weighted by atomic mass is 19.4. The van der Waals surface area contributed by atoms with Crippen LogP contribution in [-0.4, -0.2) is 42.5 Å². The molecule has 0 aromatic carbocycles.